The van der Waals surface area contributed by atoms with Gasteiger partial charge in [0.1, 0.15) is 12.2 Å². The monoisotopic (exact) mass is 224 g/mol. The van der Waals surface area contributed by atoms with E-state index >= 15 is 0 Å². The molecule has 0 saturated heterocycles. The van der Waals surface area contributed by atoms with Crippen molar-refractivity contribution < 1.29 is 14.1 Å². The van der Waals surface area contributed by atoms with Gasteiger partial charge < -0.3 is 4.90 Å². The summed E-state index contributed by atoms with van der Waals surface area (Å²) in [5.74, 6) is -0.458. The quantitative estimate of drug-likeness (QED) is 0.577. The van der Waals surface area contributed by atoms with Crippen molar-refractivity contribution in [2.24, 2.45) is 0 Å². The van der Waals surface area contributed by atoms with E-state index in [-0.39, 0.29) is 24.3 Å². The van der Waals surface area contributed by atoms with E-state index in [9.17, 15) is 19.3 Å². The number of benzene rings is 1. The van der Waals surface area contributed by atoms with Crippen LogP contribution in [0.2, 0.25) is 0 Å². The zero-order chi connectivity index (χ0) is 11.7. The molecule has 0 N–H and O–H groups in total. The highest BCUT2D eigenvalue weighted by Gasteiger charge is 2.33. The van der Waals surface area contributed by atoms with Crippen LogP contribution in [-0.2, 0) is 6.54 Å². The van der Waals surface area contributed by atoms with E-state index in [1.807, 2.05) is 0 Å². The second-order valence-corrected chi connectivity index (χ2v) is 3.48. The van der Waals surface area contributed by atoms with E-state index in [0.29, 0.717) is 5.56 Å². The van der Waals surface area contributed by atoms with Gasteiger partial charge in [0.15, 0.2) is 0 Å². The lowest BCUT2D eigenvalue weighted by molar-refractivity contribution is -0.385. The normalized spacial score (nSPS) is 14.1. The lowest BCUT2D eigenvalue weighted by Gasteiger charge is -2.11. The lowest BCUT2D eigenvalue weighted by atomic mass is 10.1. The Morgan fingerprint density at radius 1 is 1.50 bits per heavy atom. The summed E-state index contributed by atoms with van der Waals surface area (Å²) in [5, 5.41) is 10.7. The van der Waals surface area contributed by atoms with Crippen LogP contribution < -0.4 is 0 Å². The fourth-order valence-electron chi connectivity index (χ4n) is 1.84. The van der Waals surface area contributed by atoms with E-state index in [1.165, 1.54) is 17.0 Å². The van der Waals surface area contributed by atoms with Crippen LogP contribution in [-0.4, -0.2) is 28.9 Å². The third-order valence-electron chi connectivity index (χ3n) is 2.54. The Labute approximate surface area is 90.6 Å². The second-order valence-electron chi connectivity index (χ2n) is 3.48. The summed E-state index contributed by atoms with van der Waals surface area (Å²) < 4.78 is 12.2. The van der Waals surface area contributed by atoms with Crippen molar-refractivity contribution in [2.75, 3.05) is 13.2 Å². The molecule has 5 nitrogen and oxygen atoms in total. The van der Waals surface area contributed by atoms with Gasteiger partial charge in [-0.15, -0.1) is 0 Å². The Kier molecular flexibility index (Phi) is 2.55. The molecule has 0 radical (unpaired) electrons. The first-order valence-electron chi connectivity index (χ1n) is 4.76. The van der Waals surface area contributed by atoms with E-state index in [0.717, 1.165) is 0 Å². The van der Waals surface area contributed by atoms with Gasteiger partial charge in [0.2, 0.25) is 0 Å². The predicted molar refractivity (Wildman–Crippen MR) is 53.8 cm³/mol. The molecule has 0 unspecified atom stereocenters. The van der Waals surface area contributed by atoms with Crippen molar-refractivity contribution in [3.8, 4) is 0 Å². The maximum Gasteiger partial charge on any atom is 0.282 e. The molecule has 0 saturated carbocycles. The van der Waals surface area contributed by atoms with Crippen molar-refractivity contribution in [3.05, 3.63) is 39.4 Å². The third kappa shape index (κ3) is 1.52. The van der Waals surface area contributed by atoms with E-state index in [1.54, 1.807) is 6.07 Å². The van der Waals surface area contributed by atoms with Crippen molar-refractivity contribution in [3.63, 3.8) is 0 Å². The lowest BCUT2D eigenvalue weighted by Crippen LogP contribution is -2.26. The molecule has 0 bridgehead atoms. The number of amides is 1. The van der Waals surface area contributed by atoms with Crippen molar-refractivity contribution in [1.82, 2.24) is 4.90 Å². The number of alkyl halides is 1. The summed E-state index contributed by atoms with van der Waals surface area (Å²) >= 11 is 0. The number of rotatable bonds is 3. The van der Waals surface area contributed by atoms with Gasteiger partial charge in [-0.05, 0) is 5.56 Å². The van der Waals surface area contributed by atoms with Crippen LogP contribution in [0.5, 0.6) is 0 Å². The molecule has 0 atom stereocenters. The Morgan fingerprint density at radius 3 is 2.88 bits per heavy atom. The minimum atomic E-state index is -0.645. The van der Waals surface area contributed by atoms with Crippen LogP contribution in [0.1, 0.15) is 15.9 Å². The number of hydrogen-bond donors (Lipinski definition) is 0. The van der Waals surface area contributed by atoms with Crippen LogP contribution in [0.25, 0.3) is 0 Å². The smallest absolute Gasteiger partial charge is 0.282 e. The van der Waals surface area contributed by atoms with E-state index in [4.69, 9.17) is 0 Å². The number of nitro groups is 1. The molecule has 1 aliphatic heterocycles. The minimum absolute atomic E-state index is 0.0231. The summed E-state index contributed by atoms with van der Waals surface area (Å²) in [6, 6.07) is 4.47. The van der Waals surface area contributed by atoms with Gasteiger partial charge >= 0.3 is 0 Å². The Balaban J connectivity index is 2.44. The summed E-state index contributed by atoms with van der Waals surface area (Å²) in [6.45, 7) is -0.419. The summed E-state index contributed by atoms with van der Waals surface area (Å²) in [6.07, 6.45) is 0. The number of nitro benzene ring substituents is 1. The van der Waals surface area contributed by atoms with Crippen molar-refractivity contribution in [1.29, 1.82) is 0 Å². The van der Waals surface area contributed by atoms with Crippen LogP contribution in [0.3, 0.4) is 0 Å². The molecule has 2 rings (SSSR count). The van der Waals surface area contributed by atoms with E-state index < -0.39 is 17.5 Å². The summed E-state index contributed by atoms with van der Waals surface area (Å²) in [7, 11) is 0. The molecular formula is C10H9FN2O3. The molecule has 84 valence electrons. The molecule has 0 aromatic heterocycles. The van der Waals surface area contributed by atoms with Gasteiger partial charge in [-0.2, -0.15) is 0 Å². The third-order valence-corrected chi connectivity index (χ3v) is 2.54. The van der Waals surface area contributed by atoms with Crippen molar-refractivity contribution >= 4 is 11.6 Å². The number of fused-ring (bicyclic) bond motifs is 1. The van der Waals surface area contributed by atoms with Gasteiger partial charge in [-0.3, -0.25) is 14.9 Å². The van der Waals surface area contributed by atoms with Crippen LogP contribution in [0, 0.1) is 10.1 Å². The highest BCUT2D eigenvalue weighted by molar-refractivity contribution is 6.02. The number of nitrogens with zero attached hydrogens (tertiary/aromatic N) is 2. The van der Waals surface area contributed by atoms with Crippen LogP contribution in [0.4, 0.5) is 10.1 Å². The SMILES string of the molecule is O=C1c2c(cccc2[N+](=O)[O-])CN1CCF. The molecule has 6 heteroatoms. The van der Waals surface area contributed by atoms with Gasteiger partial charge in [-0.25, -0.2) is 4.39 Å². The molecule has 0 fully saturated rings. The molecule has 1 aromatic carbocycles. The van der Waals surface area contributed by atoms with Gasteiger partial charge in [0.25, 0.3) is 11.6 Å². The van der Waals surface area contributed by atoms with Crippen LogP contribution >= 0.6 is 0 Å². The second kappa shape index (κ2) is 3.88. The average molecular weight is 224 g/mol. The van der Waals surface area contributed by atoms with Gasteiger partial charge in [0.05, 0.1) is 4.92 Å². The van der Waals surface area contributed by atoms with Crippen LogP contribution in [0.15, 0.2) is 18.2 Å². The van der Waals surface area contributed by atoms with E-state index in [2.05, 4.69) is 0 Å². The molecule has 1 aliphatic rings. The molecular weight excluding hydrogens is 215 g/mol. The zero-order valence-corrected chi connectivity index (χ0v) is 8.35. The maximum absolute atomic E-state index is 12.2. The van der Waals surface area contributed by atoms with Gasteiger partial charge in [-0.1, -0.05) is 12.1 Å². The fraction of sp³-hybridized carbons (Fsp3) is 0.300. The molecule has 0 aliphatic carbocycles. The summed E-state index contributed by atoms with van der Waals surface area (Å²) in [4.78, 5) is 23.2. The maximum atomic E-state index is 12.2. The molecule has 0 spiro atoms. The molecule has 1 heterocycles. The number of carbonyl (C=O) groups is 1. The van der Waals surface area contributed by atoms with Gasteiger partial charge in [0, 0.05) is 19.2 Å². The summed E-state index contributed by atoms with van der Waals surface area (Å²) in [5.41, 5.74) is 0.484. The minimum Gasteiger partial charge on any atom is -0.331 e. The first-order chi connectivity index (χ1) is 7.65. The molecule has 1 amide bonds. The Hall–Kier alpha value is -1.98. The topological polar surface area (TPSA) is 63.4 Å². The Bertz CT molecular complexity index is 461. The highest BCUT2D eigenvalue weighted by Crippen LogP contribution is 2.30. The standard InChI is InChI=1S/C10H9FN2O3/c11-4-5-12-6-7-2-1-3-8(13(15)16)9(7)10(12)14/h1-3H,4-6H2. The average Bonchev–Trinajstić information content (AvgIpc) is 2.57. The Morgan fingerprint density at radius 2 is 2.25 bits per heavy atom. The molecule has 16 heavy (non-hydrogen) atoms. The first kappa shape index (κ1) is 10.5. The largest absolute Gasteiger partial charge is 0.331 e. The highest BCUT2D eigenvalue weighted by atomic mass is 19.1. The molecule has 1 aromatic rings. The first-order valence-corrected chi connectivity index (χ1v) is 4.76. The number of hydrogen-bond acceptors (Lipinski definition) is 3. The predicted octanol–water partition coefficient (Wildman–Crippen LogP) is 1.52. The number of carbonyl (C=O) groups excluding carboxylic acids is 1. The zero-order valence-electron chi connectivity index (χ0n) is 8.35. The number of halogens is 1. The fourth-order valence-corrected chi connectivity index (χ4v) is 1.84. The van der Waals surface area contributed by atoms with Crippen molar-refractivity contribution in [2.45, 2.75) is 6.54 Å².